The van der Waals surface area contributed by atoms with Crippen LogP contribution in [0, 0.1) is 18.7 Å². The minimum atomic E-state index is -1.79. The number of benzene rings is 4. The molecule has 0 radical (unpaired) electrons. The van der Waals surface area contributed by atoms with Crippen molar-refractivity contribution >= 4 is 40.3 Å². The molecule has 4 aromatic carbocycles. The molecular formula is C41H49FN6O5S. The monoisotopic (exact) mass is 756 g/mol. The number of aryl methyl sites for hydroxylation is 1. The van der Waals surface area contributed by atoms with Crippen LogP contribution in [0.25, 0.3) is 0 Å². The third kappa shape index (κ3) is 12.6. The fourth-order valence-corrected chi connectivity index (χ4v) is 6.79. The number of nitrogens with zero attached hydrogens (tertiary/aromatic N) is 2. The van der Waals surface area contributed by atoms with Gasteiger partial charge < -0.3 is 26.0 Å². The quantitative estimate of drug-likeness (QED) is 0.126. The Kier molecular flexibility index (Phi) is 15.3. The van der Waals surface area contributed by atoms with E-state index in [0.29, 0.717) is 56.7 Å². The highest BCUT2D eigenvalue weighted by Gasteiger charge is 2.27. The first-order chi connectivity index (χ1) is 26.2. The van der Waals surface area contributed by atoms with Gasteiger partial charge in [0, 0.05) is 50.4 Å². The highest BCUT2D eigenvalue weighted by atomic mass is 32.2. The molecule has 0 aromatic heterocycles. The van der Waals surface area contributed by atoms with E-state index in [9.17, 15) is 23.0 Å². The van der Waals surface area contributed by atoms with Crippen molar-refractivity contribution in [2.45, 2.75) is 39.3 Å². The molecule has 286 valence electrons. The Morgan fingerprint density at radius 3 is 2.02 bits per heavy atom. The van der Waals surface area contributed by atoms with E-state index in [1.54, 1.807) is 23.4 Å². The van der Waals surface area contributed by atoms with Gasteiger partial charge in [0.15, 0.2) is 0 Å². The minimum absolute atomic E-state index is 0.0868. The molecule has 1 unspecified atom stereocenters. The van der Waals surface area contributed by atoms with Crippen LogP contribution in [0.2, 0.25) is 0 Å². The summed E-state index contributed by atoms with van der Waals surface area (Å²) in [4.78, 5) is 39.2. The van der Waals surface area contributed by atoms with Gasteiger partial charge in [0.25, 0.3) is 11.8 Å². The van der Waals surface area contributed by atoms with E-state index in [1.165, 1.54) is 40.2 Å². The highest BCUT2D eigenvalue weighted by Crippen LogP contribution is 2.31. The number of rotatable bonds is 15. The lowest BCUT2D eigenvalue weighted by atomic mass is 10.1. The second-order valence-corrected chi connectivity index (χ2v) is 14.6. The van der Waals surface area contributed by atoms with Gasteiger partial charge in [-0.1, -0.05) is 66.2 Å². The maximum absolute atomic E-state index is 14.0. The largest absolute Gasteiger partial charge is 0.379 e. The molecule has 1 aliphatic carbocycles. The predicted molar refractivity (Wildman–Crippen MR) is 210 cm³/mol. The van der Waals surface area contributed by atoms with Crippen molar-refractivity contribution in [1.29, 1.82) is 0 Å². The molecule has 1 aliphatic heterocycles. The predicted octanol–water partition coefficient (Wildman–Crippen LogP) is 5.03. The lowest BCUT2D eigenvalue weighted by Gasteiger charge is -2.32. The zero-order valence-corrected chi connectivity index (χ0v) is 31.6. The molecule has 6 rings (SSSR count). The molecule has 54 heavy (non-hydrogen) atoms. The van der Waals surface area contributed by atoms with E-state index in [-0.39, 0.29) is 30.1 Å². The summed E-state index contributed by atoms with van der Waals surface area (Å²) < 4.78 is 36.6. The molecule has 1 saturated heterocycles. The van der Waals surface area contributed by atoms with Crippen LogP contribution < -0.4 is 25.6 Å². The number of ether oxygens (including phenoxy) is 1. The van der Waals surface area contributed by atoms with Crippen molar-refractivity contribution in [1.82, 2.24) is 25.6 Å². The topological polar surface area (TPSA) is 132 Å². The Bertz CT molecular complexity index is 1840. The molecule has 4 N–H and O–H groups in total. The van der Waals surface area contributed by atoms with Crippen LogP contribution in [-0.4, -0.2) is 78.2 Å². The molecule has 3 amide bonds. The fourth-order valence-electron chi connectivity index (χ4n) is 5.51. The van der Waals surface area contributed by atoms with Crippen LogP contribution in [0.3, 0.4) is 0 Å². The lowest BCUT2D eigenvalue weighted by Crippen LogP contribution is -2.45. The number of hydrogen-bond donors (Lipinski definition) is 4. The van der Waals surface area contributed by atoms with Crippen LogP contribution in [0.15, 0.2) is 103 Å². The Morgan fingerprint density at radius 2 is 1.43 bits per heavy atom. The number of carbonyl (C=O) groups is 3. The maximum atomic E-state index is 14.0. The fraction of sp³-hybridized carbons (Fsp3) is 0.341. The van der Waals surface area contributed by atoms with Gasteiger partial charge in [-0.25, -0.2) is 17.2 Å². The van der Waals surface area contributed by atoms with E-state index in [1.807, 2.05) is 48.5 Å². The number of nitrogens with one attached hydrogen (secondary N) is 4. The first-order valence-corrected chi connectivity index (χ1v) is 19.3. The molecule has 2 aliphatic rings. The summed E-state index contributed by atoms with van der Waals surface area (Å²) in [6.07, 6.45) is 2.30. The average molecular weight is 757 g/mol. The van der Waals surface area contributed by atoms with Gasteiger partial charge in [-0.3, -0.25) is 14.4 Å². The van der Waals surface area contributed by atoms with Gasteiger partial charge in [-0.2, -0.15) is 0 Å². The second-order valence-electron chi connectivity index (χ2n) is 13.3. The Balaban J connectivity index is 0.000000719. The zero-order chi connectivity index (χ0) is 38.3. The Morgan fingerprint density at radius 1 is 0.815 bits per heavy atom. The van der Waals surface area contributed by atoms with Crippen LogP contribution in [0.4, 0.5) is 15.8 Å². The van der Waals surface area contributed by atoms with Crippen molar-refractivity contribution in [3.05, 3.63) is 131 Å². The SMILES string of the molecule is C[C@H](NCCNC(=O)c1cc(C(=O)NCc2ccccc2)cc(N(c2ccc(F)cc2)S(=O)N2CCOCC2)c1)C(=O)NCC1CC1.Cc1ccccc1. The number of anilines is 2. The summed E-state index contributed by atoms with van der Waals surface area (Å²) in [5.41, 5.74) is 3.32. The number of carbonyl (C=O) groups excluding carboxylic acids is 3. The van der Waals surface area contributed by atoms with Gasteiger partial charge in [-0.05, 0) is 80.6 Å². The molecule has 4 aromatic rings. The normalized spacial score (nSPS) is 15.2. The number of hydrogen-bond acceptors (Lipinski definition) is 6. The highest BCUT2D eigenvalue weighted by molar-refractivity contribution is 7.84. The molecule has 2 fully saturated rings. The van der Waals surface area contributed by atoms with Gasteiger partial charge >= 0.3 is 0 Å². The first kappa shape index (κ1) is 40.2. The number of amides is 3. The third-order valence-electron chi connectivity index (χ3n) is 8.84. The van der Waals surface area contributed by atoms with E-state index >= 15 is 0 Å². The molecule has 1 saturated carbocycles. The molecule has 1 heterocycles. The van der Waals surface area contributed by atoms with Crippen molar-refractivity contribution in [3.63, 3.8) is 0 Å². The standard InChI is InChI=1S/C34H41FN6O5S.C7H8/c1-24(32(42)38-23-26-7-8-26)36-13-14-37-33(43)27-19-28(34(44)39-22-25-5-3-2-4-6-25)21-31(20-27)41(30-11-9-29(35)10-12-30)47(45)40-15-17-46-18-16-40;1-7-5-3-2-4-6-7/h2-6,9-12,19-21,24,26,36H,7-8,13-18,22-23H2,1H3,(H,37,43)(H,38,42)(H,39,44);2-6H,1H3/t24-,47?;/m0./s1. The Labute approximate surface area is 319 Å². The number of morpholine rings is 1. The van der Waals surface area contributed by atoms with Gasteiger partial charge in [0.05, 0.1) is 30.6 Å². The summed E-state index contributed by atoms with van der Waals surface area (Å²) in [6, 6.07) is 29.4. The smallest absolute Gasteiger partial charge is 0.251 e. The van der Waals surface area contributed by atoms with Gasteiger partial charge in [0.2, 0.25) is 17.1 Å². The average Bonchev–Trinajstić information content (AvgIpc) is 4.04. The summed E-state index contributed by atoms with van der Waals surface area (Å²) in [7, 11) is 0. The van der Waals surface area contributed by atoms with Gasteiger partial charge in [-0.15, -0.1) is 0 Å². The van der Waals surface area contributed by atoms with Gasteiger partial charge in [0.1, 0.15) is 5.82 Å². The first-order valence-electron chi connectivity index (χ1n) is 18.3. The van der Waals surface area contributed by atoms with E-state index in [4.69, 9.17) is 4.74 Å². The van der Waals surface area contributed by atoms with Crippen molar-refractivity contribution in [3.8, 4) is 0 Å². The maximum Gasteiger partial charge on any atom is 0.251 e. The van der Waals surface area contributed by atoms with Crippen LogP contribution in [0.1, 0.15) is 51.6 Å². The van der Waals surface area contributed by atoms with Crippen LogP contribution in [-0.2, 0) is 27.2 Å². The lowest BCUT2D eigenvalue weighted by molar-refractivity contribution is -0.122. The van der Waals surface area contributed by atoms with Crippen molar-refractivity contribution in [2.24, 2.45) is 5.92 Å². The molecule has 13 heteroatoms. The van der Waals surface area contributed by atoms with Crippen LogP contribution in [0.5, 0.6) is 0 Å². The molecule has 11 nitrogen and oxygen atoms in total. The minimum Gasteiger partial charge on any atom is -0.379 e. The summed E-state index contributed by atoms with van der Waals surface area (Å²) in [6.45, 7) is 6.97. The number of halogens is 1. The Hall–Kier alpha value is -4.95. The summed E-state index contributed by atoms with van der Waals surface area (Å²) in [5, 5.41) is 11.8. The van der Waals surface area contributed by atoms with E-state index in [0.717, 1.165) is 18.4 Å². The molecule has 2 atom stereocenters. The zero-order valence-electron chi connectivity index (χ0n) is 30.8. The third-order valence-corrected chi connectivity index (χ3v) is 10.4. The molecule has 0 bridgehead atoms. The van der Waals surface area contributed by atoms with E-state index in [2.05, 4.69) is 40.3 Å². The van der Waals surface area contributed by atoms with Crippen LogP contribution >= 0.6 is 0 Å². The van der Waals surface area contributed by atoms with Crippen molar-refractivity contribution < 1.29 is 27.7 Å². The van der Waals surface area contributed by atoms with E-state index < -0.39 is 34.8 Å². The van der Waals surface area contributed by atoms with Crippen molar-refractivity contribution in [2.75, 3.05) is 50.2 Å². The summed E-state index contributed by atoms with van der Waals surface area (Å²) in [5.74, 6) is -0.835. The molecular weight excluding hydrogens is 708 g/mol. The summed E-state index contributed by atoms with van der Waals surface area (Å²) >= 11 is -1.79. The molecule has 0 spiro atoms. The second kappa shape index (κ2) is 20.5.